The van der Waals surface area contributed by atoms with Gasteiger partial charge in [0, 0.05) is 0 Å². The Morgan fingerprint density at radius 1 is 1.69 bits per heavy atom. The van der Waals surface area contributed by atoms with Gasteiger partial charge in [-0.1, -0.05) is 18.7 Å². The molecule has 1 N–H and O–H groups in total. The molecule has 0 heterocycles. The van der Waals surface area contributed by atoms with E-state index in [0.717, 1.165) is 5.31 Å². The van der Waals surface area contributed by atoms with Gasteiger partial charge in [-0.25, -0.2) is 4.39 Å². The number of hydrogen-bond acceptors (Lipinski definition) is 1. The molecule has 3 heteroatoms. The molecule has 0 fully saturated rings. The molecule has 0 saturated heterocycles. The van der Waals surface area contributed by atoms with Crippen LogP contribution in [0.25, 0.3) is 0 Å². The van der Waals surface area contributed by atoms with Crippen molar-refractivity contribution in [1.29, 1.82) is 0 Å². The van der Waals surface area contributed by atoms with Crippen molar-refractivity contribution >= 4 is 9.24 Å². The molecule has 0 radical (unpaired) electrons. The summed E-state index contributed by atoms with van der Waals surface area (Å²) in [5.41, 5.74) is 0.925. The van der Waals surface area contributed by atoms with E-state index >= 15 is 0 Å². The van der Waals surface area contributed by atoms with Crippen LogP contribution in [0.5, 0.6) is 0 Å². The second-order valence-corrected chi connectivity index (χ2v) is 3.51. The number of hydrogen-bond donors (Lipinski definition) is 1. The van der Waals surface area contributed by atoms with Gasteiger partial charge in [0.2, 0.25) is 0 Å². The van der Waals surface area contributed by atoms with Gasteiger partial charge in [-0.2, -0.15) is 0 Å². The summed E-state index contributed by atoms with van der Waals surface area (Å²) in [5, 5.41) is 9.60. The van der Waals surface area contributed by atoms with Crippen molar-refractivity contribution in [2.24, 2.45) is 0 Å². The van der Waals surface area contributed by atoms with Crippen molar-refractivity contribution in [2.45, 2.75) is 6.42 Å². The first-order chi connectivity index (χ1) is 6.15. The molecule has 0 spiro atoms. The topological polar surface area (TPSA) is 20.2 Å². The molecule has 0 amide bonds. The van der Waals surface area contributed by atoms with E-state index in [2.05, 4.69) is 15.8 Å². The van der Waals surface area contributed by atoms with Crippen LogP contribution in [0.1, 0.15) is 6.42 Å². The van der Waals surface area contributed by atoms with Crippen LogP contribution >= 0.6 is 9.24 Å². The van der Waals surface area contributed by atoms with Crippen LogP contribution in [-0.2, 0) is 0 Å². The van der Waals surface area contributed by atoms with Crippen LogP contribution in [-0.4, -0.2) is 11.7 Å². The summed E-state index contributed by atoms with van der Waals surface area (Å²) >= 11 is 0. The first kappa shape index (κ1) is 10.4. The van der Waals surface area contributed by atoms with Crippen LogP contribution in [0.15, 0.2) is 47.1 Å². The van der Waals surface area contributed by atoms with E-state index in [1.165, 1.54) is 6.08 Å². The number of aliphatic hydroxyl groups excluding tert-OH is 1. The van der Waals surface area contributed by atoms with Gasteiger partial charge in [-0.05, 0) is 29.0 Å². The van der Waals surface area contributed by atoms with Gasteiger partial charge in [-0.15, -0.1) is 9.24 Å². The highest BCUT2D eigenvalue weighted by Crippen LogP contribution is 2.25. The molecule has 0 aromatic rings. The van der Waals surface area contributed by atoms with E-state index in [0.29, 0.717) is 17.6 Å². The van der Waals surface area contributed by atoms with Crippen LogP contribution in [0, 0.1) is 0 Å². The Morgan fingerprint density at radius 2 is 2.38 bits per heavy atom. The highest BCUT2D eigenvalue weighted by atomic mass is 31.0. The Hall–Kier alpha value is -0.720. The van der Waals surface area contributed by atoms with Crippen LogP contribution < -0.4 is 0 Å². The van der Waals surface area contributed by atoms with E-state index in [-0.39, 0.29) is 12.4 Å². The summed E-state index contributed by atoms with van der Waals surface area (Å²) in [6.45, 7) is 3.40. The first-order valence-electron chi connectivity index (χ1n) is 3.96. The summed E-state index contributed by atoms with van der Waals surface area (Å²) in [6, 6.07) is 0. The van der Waals surface area contributed by atoms with Gasteiger partial charge in [-0.3, -0.25) is 0 Å². The third kappa shape index (κ3) is 2.61. The van der Waals surface area contributed by atoms with E-state index in [1.54, 1.807) is 0 Å². The van der Waals surface area contributed by atoms with E-state index in [4.69, 9.17) is 5.11 Å². The first-order valence-corrected chi connectivity index (χ1v) is 4.54. The van der Waals surface area contributed by atoms with Crippen molar-refractivity contribution in [2.75, 3.05) is 6.61 Å². The van der Waals surface area contributed by atoms with Gasteiger partial charge in [0.1, 0.15) is 5.83 Å². The highest BCUT2D eigenvalue weighted by Gasteiger charge is 2.08. The standard InChI is InChI=1S/C10H12FOP/c1-7(6-12)9-4-2-3-8(13)5-10(9)11/h2-3,5,12H,1,4,6,13H2. The molecule has 13 heavy (non-hydrogen) atoms. The lowest BCUT2D eigenvalue weighted by Crippen LogP contribution is -1.94. The molecule has 70 valence electrons. The number of allylic oxidation sites excluding steroid dienone is 5. The Labute approximate surface area is 79.5 Å². The van der Waals surface area contributed by atoms with Gasteiger partial charge in [0.15, 0.2) is 0 Å². The zero-order valence-electron chi connectivity index (χ0n) is 7.26. The van der Waals surface area contributed by atoms with Crippen LogP contribution in [0.4, 0.5) is 4.39 Å². The third-order valence-electron chi connectivity index (χ3n) is 1.83. The summed E-state index contributed by atoms with van der Waals surface area (Å²) in [7, 11) is 2.43. The highest BCUT2D eigenvalue weighted by molar-refractivity contribution is 7.22. The second kappa shape index (κ2) is 4.50. The lowest BCUT2D eigenvalue weighted by atomic mass is 10.0. The summed E-state index contributed by atoms with van der Waals surface area (Å²) in [6.07, 6.45) is 5.58. The SMILES string of the molecule is C=C(CO)C1=C(F)C=C(P)C=CC1. The van der Waals surface area contributed by atoms with Crippen molar-refractivity contribution in [3.05, 3.63) is 47.1 Å². The maximum Gasteiger partial charge on any atom is 0.127 e. The lowest BCUT2D eigenvalue weighted by molar-refractivity contribution is 0.333. The third-order valence-corrected chi connectivity index (χ3v) is 2.19. The maximum atomic E-state index is 13.4. The van der Waals surface area contributed by atoms with Crippen LogP contribution in [0.3, 0.4) is 0 Å². The molecule has 1 atom stereocenters. The predicted molar refractivity (Wildman–Crippen MR) is 55.9 cm³/mol. The van der Waals surface area contributed by atoms with E-state index in [9.17, 15) is 4.39 Å². The Kier molecular flexibility index (Phi) is 3.58. The van der Waals surface area contributed by atoms with Gasteiger partial charge >= 0.3 is 0 Å². The molecule has 0 aromatic heterocycles. The molecule has 1 nitrogen and oxygen atoms in total. The predicted octanol–water partition coefficient (Wildman–Crippen LogP) is 2.48. The number of aliphatic hydroxyl groups is 1. The van der Waals surface area contributed by atoms with Gasteiger partial charge in [0.05, 0.1) is 6.61 Å². The van der Waals surface area contributed by atoms with E-state index < -0.39 is 0 Å². The van der Waals surface area contributed by atoms with Crippen molar-refractivity contribution < 1.29 is 9.50 Å². The Balaban J connectivity index is 3.02. The summed E-state index contributed by atoms with van der Waals surface area (Å²) in [4.78, 5) is 0. The van der Waals surface area contributed by atoms with Crippen molar-refractivity contribution in [1.82, 2.24) is 0 Å². The number of rotatable bonds is 2. The fourth-order valence-electron chi connectivity index (χ4n) is 1.10. The average Bonchev–Trinajstić information content (AvgIpc) is 2.25. The molecular formula is C10H12FOP. The monoisotopic (exact) mass is 198 g/mol. The molecule has 1 aliphatic rings. The fourth-order valence-corrected chi connectivity index (χ4v) is 1.38. The summed E-state index contributed by atoms with van der Waals surface area (Å²) in [5.74, 6) is -0.311. The molecular weight excluding hydrogens is 186 g/mol. The fraction of sp³-hybridized carbons (Fsp3) is 0.200. The van der Waals surface area contributed by atoms with Gasteiger partial charge in [0.25, 0.3) is 0 Å². The lowest BCUT2D eigenvalue weighted by Gasteiger charge is -2.04. The largest absolute Gasteiger partial charge is 0.392 e. The van der Waals surface area contributed by atoms with Crippen molar-refractivity contribution in [3.63, 3.8) is 0 Å². The smallest absolute Gasteiger partial charge is 0.127 e. The molecule has 0 saturated carbocycles. The molecule has 1 unspecified atom stereocenters. The Morgan fingerprint density at radius 3 is 3.00 bits per heavy atom. The minimum atomic E-state index is -0.311. The molecule has 0 aliphatic heterocycles. The quantitative estimate of drug-likeness (QED) is 0.676. The zero-order chi connectivity index (χ0) is 9.84. The Bertz CT molecular complexity index is 313. The molecule has 1 rings (SSSR count). The minimum absolute atomic E-state index is 0.198. The van der Waals surface area contributed by atoms with Crippen molar-refractivity contribution in [3.8, 4) is 0 Å². The number of halogens is 1. The molecule has 0 aromatic carbocycles. The maximum absolute atomic E-state index is 13.4. The van der Waals surface area contributed by atoms with Crippen LogP contribution in [0.2, 0.25) is 0 Å². The molecule has 0 bridgehead atoms. The second-order valence-electron chi connectivity index (χ2n) is 2.84. The zero-order valence-corrected chi connectivity index (χ0v) is 8.41. The summed E-state index contributed by atoms with van der Waals surface area (Å²) < 4.78 is 13.4. The average molecular weight is 198 g/mol. The minimum Gasteiger partial charge on any atom is -0.392 e. The normalized spacial score (nSPS) is 17.0. The van der Waals surface area contributed by atoms with E-state index in [1.807, 2.05) is 12.2 Å². The molecule has 1 aliphatic carbocycles. The van der Waals surface area contributed by atoms with Gasteiger partial charge < -0.3 is 5.11 Å².